The first kappa shape index (κ1) is 16.6. The molecule has 2 aromatic carbocycles. The Hall–Kier alpha value is -1.72. The lowest BCUT2D eigenvalue weighted by Gasteiger charge is -2.15. The summed E-state index contributed by atoms with van der Waals surface area (Å²) in [5.41, 5.74) is 8.49. The zero-order valence-corrected chi connectivity index (χ0v) is 14.4. The Labute approximate surface area is 139 Å². The fourth-order valence-corrected chi connectivity index (χ4v) is 2.64. The zero-order chi connectivity index (χ0) is 15.8. The quantitative estimate of drug-likeness (QED) is 0.682. The molecule has 2 aromatic rings. The van der Waals surface area contributed by atoms with Gasteiger partial charge in [0, 0.05) is 12.2 Å². The Morgan fingerprint density at radius 3 is 2.41 bits per heavy atom. The van der Waals surface area contributed by atoms with Gasteiger partial charge in [0.05, 0.1) is 17.7 Å². The van der Waals surface area contributed by atoms with Gasteiger partial charge in [0.15, 0.2) is 11.5 Å². The Balaban J connectivity index is 2.04. The van der Waals surface area contributed by atoms with Gasteiger partial charge in [-0.3, -0.25) is 0 Å². The molecule has 2 N–H and O–H groups in total. The second-order valence-electron chi connectivity index (χ2n) is 4.62. The third-order valence-electron chi connectivity index (χ3n) is 2.96. The normalized spacial score (nSPS) is 10.3. The smallest absolute Gasteiger partial charge is 0.175 e. The molecule has 0 spiro atoms. The van der Waals surface area contributed by atoms with Crippen molar-refractivity contribution < 1.29 is 9.47 Å². The van der Waals surface area contributed by atoms with Crippen molar-refractivity contribution in [3.05, 3.63) is 52.5 Å². The van der Waals surface area contributed by atoms with Crippen molar-refractivity contribution in [2.75, 3.05) is 18.6 Å². The van der Waals surface area contributed by atoms with E-state index in [2.05, 4.69) is 26.8 Å². The minimum atomic E-state index is 0.603. The number of ether oxygens (including phenoxy) is 2. The largest absolute Gasteiger partial charge is 0.490 e. The summed E-state index contributed by atoms with van der Waals surface area (Å²) in [6, 6.07) is 14.0. The highest BCUT2D eigenvalue weighted by molar-refractivity contribution is 9.10. The van der Waals surface area contributed by atoms with Crippen molar-refractivity contribution >= 4 is 21.6 Å². The van der Waals surface area contributed by atoms with Gasteiger partial charge in [-0.1, -0.05) is 18.2 Å². The predicted octanol–water partition coefficient (Wildman–Crippen LogP) is 4.36. The molecule has 0 atom stereocenters. The maximum absolute atomic E-state index is 5.67. The summed E-state index contributed by atoms with van der Waals surface area (Å²) in [6.07, 6.45) is 0. The van der Waals surface area contributed by atoms with Crippen LogP contribution in [0, 0.1) is 0 Å². The van der Waals surface area contributed by atoms with Gasteiger partial charge in [0.2, 0.25) is 0 Å². The number of anilines is 1. The molecule has 5 heteroatoms. The third-order valence-corrected chi connectivity index (χ3v) is 3.55. The van der Waals surface area contributed by atoms with Crippen molar-refractivity contribution in [3.8, 4) is 11.5 Å². The first-order chi connectivity index (χ1) is 10.7. The number of rotatable bonds is 8. The summed E-state index contributed by atoms with van der Waals surface area (Å²) in [4.78, 5) is 0. The van der Waals surface area contributed by atoms with E-state index in [0.717, 1.165) is 27.2 Å². The van der Waals surface area contributed by atoms with Crippen LogP contribution < -0.4 is 20.3 Å². The SMILES string of the molecule is CCOc1cc(CNNc2ccccc2)cc(Br)c1OCC. The molecular formula is C17H21BrN2O2. The number of hydrogen-bond donors (Lipinski definition) is 2. The van der Waals surface area contributed by atoms with Crippen LogP contribution in [-0.4, -0.2) is 13.2 Å². The maximum atomic E-state index is 5.67. The summed E-state index contributed by atoms with van der Waals surface area (Å²) in [5, 5.41) is 0. The number of hydrogen-bond acceptors (Lipinski definition) is 4. The maximum Gasteiger partial charge on any atom is 0.175 e. The molecule has 0 radical (unpaired) electrons. The van der Waals surface area contributed by atoms with Crippen molar-refractivity contribution in [3.63, 3.8) is 0 Å². The Bertz CT molecular complexity index is 591. The van der Waals surface area contributed by atoms with Crippen LogP contribution in [0.5, 0.6) is 11.5 Å². The van der Waals surface area contributed by atoms with Crippen molar-refractivity contribution in [2.45, 2.75) is 20.4 Å². The van der Waals surface area contributed by atoms with Gasteiger partial charge in [-0.05, 0) is 59.6 Å². The van der Waals surface area contributed by atoms with Gasteiger partial charge in [0.1, 0.15) is 0 Å². The van der Waals surface area contributed by atoms with Crippen LogP contribution in [0.2, 0.25) is 0 Å². The fraction of sp³-hybridized carbons (Fsp3) is 0.294. The highest BCUT2D eigenvalue weighted by Crippen LogP contribution is 2.36. The molecule has 0 bridgehead atoms. The molecule has 2 rings (SSSR count). The van der Waals surface area contributed by atoms with Crippen molar-refractivity contribution in [2.24, 2.45) is 0 Å². The number of nitrogens with one attached hydrogen (secondary N) is 2. The second-order valence-corrected chi connectivity index (χ2v) is 5.47. The summed E-state index contributed by atoms with van der Waals surface area (Å²) < 4.78 is 12.2. The van der Waals surface area contributed by atoms with E-state index in [1.54, 1.807) is 0 Å². The van der Waals surface area contributed by atoms with Crippen LogP contribution in [0.1, 0.15) is 19.4 Å². The van der Waals surface area contributed by atoms with E-state index in [4.69, 9.17) is 9.47 Å². The molecule has 4 nitrogen and oxygen atoms in total. The minimum absolute atomic E-state index is 0.603. The van der Waals surface area contributed by atoms with E-state index in [1.807, 2.05) is 56.3 Å². The second kappa shape index (κ2) is 8.66. The number of hydrazine groups is 1. The standard InChI is InChI=1S/C17H21BrN2O2/c1-3-21-16-11-13(10-15(18)17(16)22-4-2)12-19-20-14-8-6-5-7-9-14/h5-11,19-20H,3-4,12H2,1-2H3. The van der Waals surface area contributed by atoms with E-state index in [1.165, 1.54) is 0 Å². The Kier molecular flexibility index (Phi) is 6.55. The molecule has 118 valence electrons. The highest BCUT2D eigenvalue weighted by atomic mass is 79.9. The van der Waals surface area contributed by atoms with Crippen LogP contribution >= 0.6 is 15.9 Å². The van der Waals surface area contributed by atoms with Gasteiger partial charge < -0.3 is 14.9 Å². The van der Waals surface area contributed by atoms with Crippen LogP contribution in [0.4, 0.5) is 5.69 Å². The summed E-state index contributed by atoms with van der Waals surface area (Å²) >= 11 is 3.55. The van der Waals surface area contributed by atoms with E-state index < -0.39 is 0 Å². The molecule has 0 saturated carbocycles. The van der Waals surface area contributed by atoms with Gasteiger partial charge >= 0.3 is 0 Å². The van der Waals surface area contributed by atoms with Gasteiger partial charge in [-0.15, -0.1) is 0 Å². The summed E-state index contributed by atoms with van der Waals surface area (Å²) in [6.45, 7) is 5.80. The Morgan fingerprint density at radius 1 is 1.00 bits per heavy atom. The lowest BCUT2D eigenvalue weighted by atomic mass is 10.2. The fourth-order valence-electron chi connectivity index (χ4n) is 2.04. The molecule has 0 aliphatic carbocycles. The molecule has 0 aliphatic rings. The molecule has 0 aliphatic heterocycles. The summed E-state index contributed by atoms with van der Waals surface area (Å²) in [7, 11) is 0. The lowest BCUT2D eigenvalue weighted by Crippen LogP contribution is -2.20. The number of para-hydroxylation sites is 1. The lowest BCUT2D eigenvalue weighted by molar-refractivity contribution is 0.286. The zero-order valence-electron chi connectivity index (χ0n) is 12.9. The molecule has 0 fully saturated rings. The topological polar surface area (TPSA) is 42.5 Å². The average molecular weight is 365 g/mol. The number of benzene rings is 2. The van der Waals surface area contributed by atoms with Crippen molar-refractivity contribution in [1.29, 1.82) is 0 Å². The predicted molar refractivity (Wildman–Crippen MR) is 93.4 cm³/mol. The summed E-state index contributed by atoms with van der Waals surface area (Å²) in [5.74, 6) is 1.51. The molecular weight excluding hydrogens is 344 g/mol. The van der Waals surface area contributed by atoms with Crippen LogP contribution in [-0.2, 0) is 6.54 Å². The average Bonchev–Trinajstić information content (AvgIpc) is 2.52. The van der Waals surface area contributed by atoms with E-state index in [0.29, 0.717) is 19.8 Å². The molecule has 0 amide bonds. The molecule has 0 saturated heterocycles. The van der Waals surface area contributed by atoms with Gasteiger partial charge in [-0.25, -0.2) is 5.43 Å². The van der Waals surface area contributed by atoms with Crippen LogP contribution in [0.3, 0.4) is 0 Å². The third kappa shape index (κ3) is 4.64. The first-order valence-corrected chi connectivity index (χ1v) is 8.15. The first-order valence-electron chi connectivity index (χ1n) is 7.36. The van der Waals surface area contributed by atoms with E-state index >= 15 is 0 Å². The minimum Gasteiger partial charge on any atom is -0.490 e. The highest BCUT2D eigenvalue weighted by Gasteiger charge is 2.11. The van der Waals surface area contributed by atoms with E-state index in [9.17, 15) is 0 Å². The van der Waals surface area contributed by atoms with E-state index in [-0.39, 0.29) is 0 Å². The Morgan fingerprint density at radius 2 is 1.73 bits per heavy atom. The van der Waals surface area contributed by atoms with Gasteiger partial charge in [0.25, 0.3) is 0 Å². The molecule has 0 heterocycles. The number of halogens is 1. The van der Waals surface area contributed by atoms with Crippen LogP contribution in [0.25, 0.3) is 0 Å². The molecule has 0 aromatic heterocycles. The van der Waals surface area contributed by atoms with Crippen LogP contribution in [0.15, 0.2) is 46.9 Å². The molecule has 22 heavy (non-hydrogen) atoms. The van der Waals surface area contributed by atoms with Gasteiger partial charge in [-0.2, -0.15) is 0 Å². The molecule has 0 unspecified atom stereocenters. The van der Waals surface area contributed by atoms with Crippen molar-refractivity contribution in [1.82, 2.24) is 5.43 Å². The monoisotopic (exact) mass is 364 g/mol.